The van der Waals surface area contributed by atoms with Crippen LogP contribution in [0.1, 0.15) is 63.7 Å². The lowest BCUT2D eigenvalue weighted by Crippen LogP contribution is -2.44. The molecule has 0 bridgehead atoms. The summed E-state index contributed by atoms with van der Waals surface area (Å²) in [5, 5.41) is 0. The third kappa shape index (κ3) is 8.32. The number of ether oxygens (including phenoxy) is 2. The number of rotatable bonds is 14. The number of furan rings is 1. The number of carbonyl (C=O) groups is 2. The SMILES string of the molecule is COc1ccc(CCN(Cc2ccco2)C(=O)CN(CC(C)C)C(=O)CCC2CCCC2)cc1OC. The molecule has 2 amide bonds. The van der Waals surface area contributed by atoms with Crippen LogP contribution in [0.15, 0.2) is 41.0 Å². The quantitative estimate of drug-likeness (QED) is 0.352. The molecule has 0 atom stereocenters. The molecule has 1 fully saturated rings. The number of hydrogen-bond acceptors (Lipinski definition) is 5. The Hall–Kier alpha value is -2.96. The number of methoxy groups -OCH3 is 2. The molecule has 2 aromatic rings. The summed E-state index contributed by atoms with van der Waals surface area (Å²) in [6, 6.07) is 9.49. The second-order valence-electron chi connectivity index (χ2n) is 10.2. The van der Waals surface area contributed by atoms with Gasteiger partial charge in [-0.25, -0.2) is 0 Å². The van der Waals surface area contributed by atoms with Crippen molar-refractivity contribution >= 4 is 11.8 Å². The molecular weight excluding hydrogens is 456 g/mol. The third-order valence-electron chi connectivity index (χ3n) is 6.90. The van der Waals surface area contributed by atoms with Crippen LogP contribution >= 0.6 is 0 Å². The Labute approximate surface area is 215 Å². The normalized spacial score (nSPS) is 13.7. The van der Waals surface area contributed by atoms with E-state index in [1.807, 2.05) is 30.3 Å². The first-order valence-electron chi connectivity index (χ1n) is 13.2. The van der Waals surface area contributed by atoms with E-state index < -0.39 is 0 Å². The van der Waals surface area contributed by atoms with Gasteiger partial charge in [-0.3, -0.25) is 9.59 Å². The van der Waals surface area contributed by atoms with E-state index in [4.69, 9.17) is 13.9 Å². The van der Waals surface area contributed by atoms with Gasteiger partial charge in [-0.2, -0.15) is 0 Å². The molecule has 0 radical (unpaired) electrons. The highest BCUT2D eigenvalue weighted by atomic mass is 16.5. The maximum absolute atomic E-state index is 13.5. The summed E-state index contributed by atoms with van der Waals surface area (Å²) in [6.07, 6.45) is 8.71. The predicted octanol–water partition coefficient (Wildman–Crippen LogP) is 5.32. The first-order valence-corrected chi connectivity index (χ1v) is 13.2. The summed E-state index contributed by atoms with van der Waals surface area (Å²) in [7, 11) is 3.22. The molecule has 0 N–H and O–H groups in total. The van der Waals surface area contributed by atoms with Crippen LogP contribution in [0.5, 0.6) is 11.5 Å². The first-order chi connectivity index (χ1) is 17.4. The van der Waals surface area contributed by atoms with E-state index in [9.17, 15) is 9.59 Å². The van der Waals surface area contributed by atoms with Gasteiger partial charge in [-0.15, -0.1) is 0 Å². The maximum atomic E-state index is 13.5. The van der Waals surface area contributed by atoms with Crippen LogP contribution in [-0.4, -0.2) is 55.5 Å². The van der Waals surface area contributed by atoms with E-state index >= 15 is 0 Å². The number of amides is 2. The van der Waals surface area contributed by atoms with Crippen molar-refractivity contribution in [3.8, 4) is 11.5 Å². The van der Waals surface area contributed by atoms with Gasteiger partial charge in [0.2, 0.25) is 11.8 Å². The Morgan fingerprint density at radius 3 is 2.42 bits per heavy atom. The highest BCUT2D eigenvalue weighted by Gasteiger charge is 2.24. The predicted molar refractivity (Wildman–Crippen MR) is 140 cm³/mol. The molecule has 1 aliphatic rings. The molecule has 0 unspecified atom stereocenters. The lowest BCUT2D eigenvalue weighted by Gasteiger charge is -2.29. The first kappa shape index (κ1) is 27.6. The molecule has 0 spiro atoms. The number of nitrogens with zero attached hydrogens (tertiary/aromatic N) is 2. The van der Waals surface area contributed by atoms with Crippen LogP contribution < -0.4 is 9.47 Å². The van der Waals surface area contributed by atoms with Crippen LogP contribution in [0.4, 0.5) is 0 Å². The smallest absolute Gasteiger partial charge is 0.242 e. The number of hydrogen-bond donors (Lipinski definition) is 0. The van der Waals surface area contributed by atoms with Gasteiger partial charge < -0.3 is 23.7 Å². The molecule has 0 saturated heterocycles. The average Bonchev–Trinajstić information content (AvgIpc) is 3.58. The average molecular weight is 499 g/mol. The second-order valence-corrected chi connectivity index (χ2v) is 10.2. The van der Waals surface area contributed by atoms with Gasteiger partial charge in [0, 0.05) is 19.5 Å². The van der Waals surface area contributed by atoms with E-state index in [1.54, 1.807) is 30.3 Å². The second kappa shape index (κ2) is 14.0. The van der Waals surface area contributed by atoms with Crippen molar-refractivity contribution in [3.05, 3.63) is 47.9 Å². The molecule has 1 aromatic carbocycles. The zero-order valence-electron chi connectivity index (χ0n) is 22.3. The lowest BCUT2D eigenvalue weighted by atomic mass is 10.0. The Bertz CT molecular complexity index is 951. The summed E-state index contributed by atoms with van der Waals surface area (Å²) in [5.74, 6) is 3.02. The van der Waals surface area contributed by atoms with Gasteiger partial charge in [0.05, 0.1) is 33.6 Å². The highest BCUT2D eigenvalue weighted by Crippen LogP contribution is 2.29. The molecule has 1 heterocycles. The van der Waals surface area contributed by atoms with Gasteiger partial charge in [-0.05, 0) is 54.5 Å². The standard InChI is InChI=1S/C29H42N2O5/c1-22(2)19-31(28(32)14-12-23-8-5-6-9-23)21-29(33)30(20-25-10-7-17-36-25)16-15-24-11-13-26(34-3)27(18-24)35-4/h7,10-11,13,17-18,22-23H,5-6,8-9,12,14-16,19-21H2,1-4H3. The van der Waals surface area contributed by atoms with Gasteiger partial charge >= 0.3 is 0 Å². The molecule has 7 heteroatoms. The summed E-state index contributed by atoms with van der Waals surface area (Å²) in [5.41, 5.74) is 1.04. The van der Waals surface area contributed by atoms with Crippen molar-refractivity contribution < 1.29 is 23.5 Å². The molecular formula is C29H42N2O5. The minimum absolute atomic E-state index is 0.0678. The molecule has 0 aliphatic heterocycles. The van der Waals surface area contributed by atoms with Gasteiger partial charge in [0.1, 0.15) is 5.76 Å². The van der Waals surface area contributed by atoms with Crippen LogP contribution in [0, 0.1) is 11.8 Å². The monoisotopic (exact) mass is 498 g/mol. The van der Waals surface area contributed by atoms with E-state index in [2.05, 4.69) is 13.8 Å². The molecule has 3 rings (SSSR count). The fourth-order valence-corrected chi connectivity index (χ4v) is 4.93. The summed E-state index contributed by atoms with van der Waals surface area (Å²) in [6.45, 7) is 5.71. The Balaban J connectivity index is 1.67. The van der Waals surface area contributed by atoms with Crippen molar-refractivity contribution in [1.29, 1.82) is 0 Å². The lowest BCUT2D eigenvalue weighted by molar-refractivity contribution is -0.141. The largest absolute Gasteiger partial charge is 0.493 e. The zero-order valence-corrected chi connectivity index (χ0v) is 22.3. The van der Waals surface area contributed by atoms with Gasteiger partial charge in [0.25, 0.3) is 0 Å². The molecule has 7 nitrogen and oxygen atoms in total. The minimum atomic E-state index is -0.0678. The fourth-order valence-electron chi connectivity index (χ4n) is 4.93. The summed E-state index contributed by atoms with van der Waals surface area (Å²) >= 11 is 0. The van der Waals surface area contributed by atoms with Gasteiger partial charge in [-0.1, -0.05) is 45.6 Å². The zero-order chi connectivity index (χ0) is 25.9. The molecule has 1 aromatic heterocycles. The Morgan fingerprint density at radius 1 is 1.03 bits per heavy atom. The maximum Gasteiger partial charge on any atom is 0.242 e. The Kier molecular flexibility index (Phi) is 10.7. The summed E-state index contributed by atoms with van der Waals surface area (Å²) < 4.78 is 16.3. The number of benzene rings is 1. The van der Waals surface area contributed by atoms with Crippen molar-refractivity contribution in [3.63, 3.8) is 0 Å². The minimum Gasteiger partial charge on any atom is -0.493 e. The molecule has 36 heavy (non-hydrogen) atoms. The van der Waals surface area contributed by atoms with Crippen LogP contribution in [-0.2, 0) is 22.6 Å². The Morgan fingerprint density at radius 2 is 1.78 bits per heavy atom. The topological polar surface area (TPSA) is 72.2 Å². The van der Waals surface area contributed by atoms with Crippen LogP contribution in [0.25, 0.3) is 0 Å². The third-order valence-corrected chi connectivity index (χ3v) is 6.90. The van der Waals surface area contributed by atoms with Crippen LogP contribution in [0.3, 0.4) is 0 Å². The van der Waals surface area contributed by atoms with Crippen molar-refractivity contribution in [2.45, 2.75) is 65.3 Å². The van der Waals surface area contributed by atoms with Crippen LogP contribution in [0.2, 0.25) is 0 Å². The van der Waals surface area contributed by atoms with Crippen molar-refractivity contribution in [2.75, 3.05) is 33.9 Å². The number of carbonyl (C=O) groups excluding carboxylic acids is 2. The van der Waals surface area contributed by atoms with Crippen molar-refractivity contribution in [1.82, 2.24) is 9.80 Å². The summed E-state index contributed by atoms with van der Waals surface area (Å²) in [4.78, 5) is 30.2. The van der Waals surface area contributed by atoms with Gasteiger partial charge in [0.15, 0.2) is 11.5 Å². The van der Waals surface area contributed by atoms with Crippen molar-refractivity contribution in [2.24, 2.45) is 11.8 Å². The van der Waals surface area contributed by atoms with E-state index in [1.165, 1.54) is 25.7 Å². The van der Waals surface area contributed by atoms with E-state index in [0.717, 1.165) is 17.7 Å². The molecule has 1 aliphatic carbocycles. The van der Waals surface area contributed by atoms with E-state index in [-0.39, 0.29) is 18.4 Å². The van der Waals surface area contributed by atoms with E-state index in [0.29, 0.717) is 55.8 Å². The molecule has 1 saturated carbocycles. The fraction of sp³-hybridized carbons (Fsp3) is 0.586. The molecule has 198 valence electrons. The highest BCUT2D eigenvalue weighted by molar-refractivity contribution is 5.85.